The lowest BCUT2D eigenvalue weighted by atomic mass is 9.99. The number of amides is 1. The van der Waals surface area contributed by atoms with Gasteiger partial charge in [-0.05, 0) is 70.0 Å². The van der Waals surface area contributed by atoms with E-state index in [1.54, 1.807) is 23.7 Å². The van der Waals surface area contributed by atoms with Crippen LogP contribution in [-0.4, -0.2) is 38.7 Å². The second-order valence-electron chi connectivity index (χ2n) is 7.99. The largest absolute Gasteiger partial charge is 0.298 e. The number of aromatic nitrogens is 3. The molecule has 3 heterocycles. The molecule has 1 N–H and O–H groups in total. The predicted octanol–water partition coefficient (Wildman–Crippen LogP) is 4.57. The fourth-order valence-electron chi connectivity index (χ4n) is 3.85. The molecule has 158 valence electrons. The smallest absolute Gasteiger partial charge is 0.261 e. The Balaban J connectivity index is 1.45. The second-order valence-corrected chi connectivity index (χ2v) is 8.85. The van der Waals surface area contributed by atoms with E-state index in [-0.39, 0.29) is 11.7 Å². The van der Waals surface area contributed by atoms with Gasteiger partial charge in [-0.2, -0.15) is 5.10 Å². The van der Waals surface area contributed by atoms with Gasteiger partial charge in [0.05, 0.1) is 28.3 Å². The molecule has 8 heteroatoms. The number of benzene rings is 1. The van der Waals surface area contributed by atoms with E-state index < -0.39 is 0 Å². The quantitative estimate of drug-likeness (QED) is 0.648. The van der Waals surface area contributed by atoms with Gasteiger partial charge < -0.3 is 0 Å². The maximum atomic E-state index is 13.2. The highest BCUT2D eigenvalue weighted by molar-refractivity contribution is 7.14. The van der Waals surface area contributed by atoms with Crippen molar-refractivity contribution in [1.82, 2.24) is 19.7 Å². The molecule has 30 heavy (non-hydrogen) atoms. The fraction of sp³-hybridized carbons (Fsp3) is 0.409. The summed E-state index contributed by atoms with van der Waals surface area (Å²) in [6, 6.07) is 6.05. The molecule has 1 aliphatic heterocycles. The Morgan fingerprint density at radius 1 is 1.23 bits per heavy atom. The summed E-state index contributed by atoms with van der Waals surface area (Å²) in [6.07, 6.45) is 2.45. The SMILES string of the molecule is Cc1nn(-c2ccc(F)cc2)c(C)c1C(=O)Nc1nc(CN2CCC(C)CC2)cs1. The van der Waals surface area contributed by atoms with Crippen LogP contribution in [0.1, 0.15) is 47.2 Å². The topological polar surface area (TPSA) is 63.1 Å². The zero-order valence-corrected chi connectivity index (χ0v) is 18.3. The first-order valence-electron chi connectivity index (χ1n) is 10.2. The van der Waals surface area contributed by atoms with Crippen molar-refractivity contribution in [3.8, 4) is 5.69 Å². The zero-order valence-electron chi connectivity index (χ0n) is 17.5. The first kappa shape index (κ1) is 20.7. The third-order valence-electron chi connectivity index (χ3n) is 5.62. The normalized spacial score (nSPS) is 15.5. The Kier molecular flexibility index (Phi) is 5.97. The molecule has 1 aromatic carbocycles. The predicted molar refractivity (Wildman–Crippen MR) is 117 cm³/mol. The van der Waals surface area contributed by atoms with Gasteiger partial charge in [-0.3, -0.25) is 15.0 Å². The highest BCUT2D eigenvalue weighted by Gasteiger charge is 2.21. The summed E-state index contributed by atoms with van der Waals surface area (Å²) in [6.45, 7) is 8.95. The summed E-state index contributed by atoms with van der Waals surface area (Å²) < 4.78 is 14.9. The molecule has 4 rings (SSSR count). The molecule has 0 saturated carbocycles. The van der Waals surface area contributed by atoms with Gasteiger partial charge in [0.15, 0.2) is 5.13 Å². The molecule has 0 spiro atoms. The number of hydrogen-bond acceptors (Lipinski definition) is 5. The van der Waals surface area contributed by atoms with E-state index in [1.807, 2.05) is 12.3 Å². The highest BCUT2D eigenvalue weighted by Crippen LogP contribution is 2.23. The molecule has 0 bridgehead atoms. The summed E-state index contributed by atoms with van der Waals surface area (Å²) in [5, 5.41) is 9.99. The van der Waals surface area contributed by atoms with E-state index >= 15 is 0 Å². The Labute approximate surface area is 179 Å². The van der Waals surface area contributed by atoms with E-state index in [1.165, 1.54) is 36.3 Å². The maximum absolute atomic E-state index is 13.2. The summed E-state index contributed by atoms with van der Waals surface area (Å²) >= 11 is 1.44. The lowest BCUT2D eigenvalue weighted by Crippen LogP contribution is -2.32. The van der Waals surface area contributed by atoms with Crippen LogP contribution in [0.4, 0.5) is 9.52 Å². The van der Waals surface area contributed by atoms with Crippen molar-refractivity contribution >= 4 is 22.4 Å². The van der Waals surface area contributed by atoms with Crippen molar-refractivity contribution in [1.29, 1.82) is 0 Å². The van der Waals surface area contributed by atoms with Crippen LogP contribution in [0.3, 0.4) is 0 Å². The summed E-state index contributed by atoms with van der Waals surface area (Å²) in [4.78, 5) is 19.9. The first-order valence-corrected chi connectivity index (χ1v) is 11.1. The minimum atomic E-state index is -0.308. The van der Waals surface area contributed by atoms with Gasteiger partial charge in [0.2, 0.25) is 0 Å². The summed E-state index contributed by atoms with van der Waals surface area (Å²) in [5.41, 5.74) is 3.54. The van der Waals surface area contributed by atoms with Crippen molar-refractivity contribution in [2.45, 2.75) is 40.2 Å². The van der Waals surface area contributed by atoms with Gasteiger partial charge in [0.25, 0.3) is 5.91 Å². The molecule has 0 aliphatic carbocycles. The van der Waals surface area contributed by atoms with Gasteiger partial charge in [-0.25, -0.2) is 14.1 Å². The van der Waals surface area contributed by atoms with Crippen LogP contribution in [0, 0.1) is 25.6 Å². The lowest BCUT2D eigenvalue weighted by Gasteiger charge is -2.29. The Morgan fingerprint density at radius 2 is 1.93 bits per heavy atom. The number of aryl methyl sites for hydroxylation is 1. The molecule has 1 aliphatic rings. The Bertz CT molecular complexity index is 1030. The number of halogens is 1. The first-order chi connectivity index (χ1) is 14.4. The molecular weight excluding hydrogens is 401 g/mol. The number of anilines is 1. The number of likely N-dealkylation sites (tertiary alicyclic amines) is 1. The van der Waals surface area contributed by atoms with E-state index in [4.69, 9.17) is 0 Å². The van der Waals surface area contributed by atoms with E-state index in [0.717, 1.165) is 31.2 Å². The molecule has 6 nitrogen and oxygen atoms in total. The molecule has 1 amide bonds. The average molecular weight is 428 g/mol. The minimum absolute atomic E-state index is 0.231. The minimum Gasteiger partial charge on any atom is -0.298 e. The van der Waals surface area contributed by atoms with Gasteiger partial charge in [-0.1, -0.05) is 6.92 Å². The molecule has 0 radical (unpaired) electrons. The molecule has 1 saturated heterocycles. The van der Waals surface area contributed by atoms with Gasteiger partial charge in [0.1, 0.15) is 5.82 Å². The number of piperidine rings is 1. The third-order valence-corrected chi connectivity index (χ3v) is 6.43. The fourth-order valence-corrected chi connectivity index (χ4v) is 4.55. The van der Waals surface area contributed by atoms with Crippen LogP contribution in [0.2, 0.25) is 0 Å². The maximum Gasteiger partial charge on any atom is 0.261 e. The molecule has 1 fully saturated rings. The molecule has 0 atom stereocenters. The van der Waals surface area contributed by atoms with Crippen LogP contribution < -0.4 is 5.32 Å². The molecule has 3 aromatic rings. The standard InChI is InChI=1S/C22H26FN5OS/c1-14-8-10-27(11-9-14)12-18-13-30-22(24-18)25-21(29)20-15(2)26-28(16(20)3)19-6-4-17(23)5-7-19/h4-7,13-14H,8-12H2,1-3H3,(H,24,25,29). The van der Waals surface area contributed by atoms with Gasteiger partial charge >= 0.3 is 0 Å². The number of thiazole rings is 1. The number of nitrogens with one attached hydrogen (secondary N) is 1. The van der Waals surface area contributed by atoms with E-state index in [0.29, 0.717) is 27.8 Å². The highest BCUT2D eigenvalue weighted by atomic mass is 32.1. The van der Waals surface area contributed by atoms with Crippen LogP contribution in [0.15, 0.2) is 29.6 Å². The van der Waals surface area contributed by atoms with Crippen molar-refractivity contribution in [2.24, 2.45) is 5.92 Å². The number of rotatable bonds is 5. The Morgan fingerprint density at radius 3 is 2.63 bits per heavy atom. The van der Waals surface area contributed by atoms with Crippen LogP contribution in [-0.2, 0) is 6.54 Å². The van der Waals surface area contributed by atoms with E-state index in [2.05, 4.69) is 27.2 Å². The van der Waals surface area contributed by atoms with Gasteiger partial charge in [-0.15, -0.1) is 11.3 Å². The van der Waals surface area contributed by atoms with Crippen LogP contribution in [0.25, 0.3) is 5.69 Å². The number of nitrogens with zero attached hydrogens (tertiary/aromatic N) is 4. The van der Waals surface area contributed by atoms with Crippen molar-refractivity contribution < 1.29 is 9.18 Å². The number of hydrogen-bond donors (Lipinski definition) is 1. The van der Waals surface area contributed by atoms with Crippen LogP contribution >= 0.6 is 11.3 Å². The molecular formula is C22H26FN5OS. The number of carbonyl (C=O) groups is 1. The van der Waals surface area contributed by atoms with Crippen molar-refractivity contribution in [3.63, 3.8) is 0 Å². The lowest BCUT2D eigenvalue weighted by molar-refractivity contribution is 0.102. The average Bonchev–Trinajstić information content (AvgIpc) is 3.27. The third kappa shape index (κ3) is 4.44. The molecule has 0 unspecified atom stereocenters. The zero-order chi connectivity index (χ0) is 21.3. The van der Waals surface area contributed by atoms with Crippen molar-refractivity contribution in [3.05, 3.63) is 58.1 Å². The summed E-state index contributed by atoms with van der Waals surface area (Å²) in [7, 11) is 0. The van der Waals surface area contributed by atoms with Gasteiger partial charge in [0, 0.05) is 11.9 Å². The summed E-state index contributed by atoms with van der Waals surface area (Å²) in [5.74, 6) is 0.261. The monoisotopic (exact) mass is 427 g/mol. The van der Waals surface area contributed by atoms with Crippen LogP contribution in [0.5, 0.6) is 0 Å². The molecule has 2 aromatic heterocycles. The number of carbonyl (C=O) groups excluding carboxylic acids is 1. The Hall–Kier alpha value is -2.58. The second kappa shape index (κ2) is 8.65. The van der Waals surface area contributed by atoms with E-state index in [9.17, 15) is 9.18 Å². The van der Waals surface area contributed by atoms with Crippen molar-refractivity contribution in [2.75, 3.05) is 18.4 Å².